The SMILES string of the molecule is CCCOc1ccnc(NC2CCC(C(=O)OC)CC2)n1. The zero-order chi connectivity index (χ0) is 15.1. The van der Waals surface area contributed by atoms with E-state index in [2.05, 4.69) is 22.2 Å². The molecule has 21 heavy (non-hydrogen) atoms. The highest BCUT2D eigenvalue weighted by atomic mass is 16.5. The molecule has 1 aliphatic rings. The number of esters is 1. The van der Waals surface area contributed by atoms with E-state index in [4.69, 9.17) is 9.47 Å². The van der Waals surface area contributed by atoms with Crippen molar-refractivity contribution in [2.75, 3.05) is 19.0 Å². The van der Waals surface area contributed by atoms with E-state index in [1.807, 2.05) is 0 Å². The first-order valence-corrected chi connectivity index (χ1v) is 7.53. The van der Waals surface area contributed by atoms with Gasteiger partial charge in [0.2, 0.25) is 11.8 Å². The van der Waals surface area contributed by atoms with Gasteiger partial charge in [-0.15, -0.1) is 0 Å². The third-order valence-corrected chi connectivity index (χ3v) is 3.68. The van der Waals surface area contributed by atoms with E-state index in [9.17, 15) is 4.79 Å². The summed E-state index contributed by atoms with van der Waals surface area (Å²) in [4.78, 5) is 20.0. The molecule has 0 saturated heterocycles. The predicted octanol–water partition coefficient (Wildman–Crippen LogP) is 2.41. The largest absolute Gasteiger partial charge is 0.478 e. The lowest BCUT2D eigenvalue weighted by molar-refractivity contribution is -0.146. The normalized spacial score (nSPS) is 21.6. The second-order valence-corrected chi connectivity index (χ2v) is 5.28. The predicted molar refractivity (Wildman–Crippen MR) is 79.2 cm³/mol. The molecule has 1 heterocycles. The third kappa shape index (κ3) is 4.58. The Balaban J connectivity index is 1.84. The molecule has 1 aliphatic carbocycles. The van der Waals surface area contributed by atoms with E-state index in [0.717, 1.165) is 32.1 Å². The first kappa shape index (κ1) is 15.5. The molecule has 1 aromatic rings. The molecule has 6 heteroatoms. The van der Waals surface area contributed by atoms with E-state index in [1.165, 1.54) is 7.11 Å². The number of nitrogens with zero attached hydrogens (tertiary/aromatic N) is 2. The molecule has 0 atom stereocenters. The Hall–Kier alpha value is -1.85. The molecule has 1 fully saturated rings. The van der Waals surface area contributed by atoms with Gasteiger partial charge in [0.25, 0.3) is 0 Å². The van der Waals surface area contributed by atoms with E-state index >= 15 is 0 Å². The van der Waals surface area contributed by atoms with E-state index < -0.39 is 0 Å². The van der Waals surface area contributed by atoms with E-state index in [1.54, 1.807) is 12.3 Å². The van der Waals surface area contributed by atoms with Crippen molar-refractivity contribution in [2.24, 2.45) is 5.92 Å². The number of aromatic nitrogens is 2. The maximum absolute atomic E-state index is 11.5. The number of rotatable bonds is 6. The van der Waals surface area contributed by atoms with Gasteiger partial charge in [-0.25, -0.2) is 4.98 Å². The molecule has 0 aromatic carbocycles. The van der Waals surface area contributed by atoms with Gasteiger partial charge in [-0.05, 0) is 32.1 Å². The summed E-state index contributed by atoms with van der Waals surface area (Å²) in [6.45, 7) is 2.71. The van der Waals surface area contributed by atoms with Gasteiger partial charge in [0.05, 0.1) is 19.6 Å². The van der Waals surface area contributed by atoms with Gasteiger partial charge in [0.1, 0.15) is 0 Å². The highest BCUT2D eigenvalue weighted by Crippen LogP contribution is 2.27. The number of hydrogen-bond acceptors (Lipinski definition) is 6. The van der Waals surface area contributed by atoms with Gasteiger partial charge in [-0.3, -0.25) is 4.79 Å². The van der Waals surface area contributed by atoms with Gasteiger partial charge in [0.15, 0.2) is 0 Å². The third-order valence-electron chi connectivity index (χ3n) is 3.68. The molecule has 6 nitrogen and oxygen atoms in total. The van der Waals surface area contributed by atoms with Crippen LogP contribution in [0.3, 0.4) is 0 Å². The van der Waals surface area contributed by atoms with Crippen LogP contribution < -0.4 is 10.1 Å². The minimum absolute atomic E-state index is 0.0354. The van der Waals surface area contributed by atoms with E-state index in [-0.39, 0.29) is 11.9 Å². The van der Waals surface area contributed by atoms with Gasteiger partial charge < -0.3 is 14.8 Å². The summed E-state index contributed by atoms with van der Waals surface area (Å²) in [7, 11) is 1.45. The zero-order valence-electron chi connectivity index (χ0n) is 12.7. The number of ether oxygens (including phenoxy) is 2. The Labute approximate surface area is 125 Å². The summed E-state index contributed by atoms with van der Waals surface area (Å²) in [5.41, 5.74) is 0. The van der Waals surface area contributed by atoms with Crippen LogP contribution >= 0.6 is 0 Å². The van der Waals surface area contributed by atoms with Crippen LogP contribution in [-0.2, 0) is 9.53 Å². The Morgan fingerprint density at radius 1 is 1.38 bits per heavy atom. The topological polar surface area (TPSA) is 73.3 Å². The zero-order valence-corrected chi connectivity index (χ0v) is 12.7. The molecule has 0 bridgehead atoms. The van der Waals surface area contributed by atoms with Crippen molar-refractivity contribution in [1.29, 1.82) is 0 Å². The number of nitrogens with one attached hydrogen (secondary N) is 1. The number of hydrogen-bond donors (Lipinski definition) is 1. The fourth-order valence-electron chi connectivity index (χ4n) is 2.52. The fourth-order valence-corrected chi connectivity index (χ4v) is 2.52. The van der Waals surface area contributed by atoms with Crippen LogP contribution in [-0.4, -0.2) is 35.7 Å². The molecule has 1 N–H and O–H groups in total. The Kier molecular flexibility index (Phi) is 5.78. The Morgan fingerprint density at radius 3 is 2.81 bits per heavy atom. The number of anilines is 1. The van der Waals surface area contributed by atoms with Gasteiger partial charge in [0, 0.05) is 18.3 Å². The molecule has 0 unspecified atom stereocenters. The maximum atomic E-state index is 11.5. The van der Waals surface area contributed by atoms with Crippen molar-refractivity contribution in [2.45, 2.75) is 45.1 Å². The van der Waals surface area contributed by atoms with Crippen molar-refractivity contribution >= 4 is 11.9 Å². The van der Waals surface area contributed by atoms with Crippen LogP contribution in [0.2, 0.25) is 0 Å². The van der Waals surface area contributed by atoms with Gasteiger partial charge in [-0.1, -0.05) is 6.92 Å². The fraction of sp³-hybridized carbons (Fsp3) is 0.667. The second kappa shape index (κ2) is 7.81. The maximum Gasteiger partial charge on any atom is 0.308 e. The standard InChI is InChI=1S/C15H23N3O3/c1-3-10-21-13-8-9-16-15(18-13)17-12-6-4-11(5-7-12)14(19)20-2/h8-9,11-12H,3-7,10H2,1-2H3,(H,16,17,18). The van der Waals surface area contributed by atoms with Crippen LogP contribution in [0.25, 0.3) is 0 Å². The number of carbonyl (C=O) groups excluding carboxylic acids is 1. The van der Waals surface area contributed by atoms with Crippen LogP contribution in [0.1, 0.15) is 39.0 Å². The van der Waals surface area contributed by atoms with E-state index in [0.29, 0.717) is 24.5 Å². The van der Waals surface area contributed by atoms with Gasteiger partial charge in [-0.2, -0.15) is 4.98 Å². The average molecular weight is 293 g/mol. The smallest absolute Gasteiger partial charge is 0.308 e. The molecular formula is C15H23N3O3. The number of carbonyl (C=O) groups is 1. The molecule has 0 aliphatic heterocycles. The van der Waals surface area contributed by atoms with Crippen molar-refractivity contribution < 1.29 is 14.3 Å². The van der Waals surface area contributed by atoms with Crippen molar-refractivity contribution in [3.63, 3.8) is 0 Å². The minimum atomic E-state index is -0.0975. The monoisotopic (exact) mass is 293 g/mol. The first-order chi connectivity index (χ1) is 10.2. The molecule has 116 valence electrons. The summed E-state index contributed by atoms with van der Waals surface area (Å²) in [6.07, 6.45) is 6.17. The van der Waals surface area contributed by atoms with Gasteiger partial charge >= 0.3 is 5.97 Å². The van der Waals surface area contributed by atoms with Crippen LogP contribution in [0.15, 0.2) is 12.3 Å². The van der Waals surface area contributed by atoms with Crippen LogP contribution in [0.5, 0.6) is 5.88 Å². The lowest BCUT2D eigenvalue weighted by atomic mass is 9.86. The summed E-state index contributed by atoms with van der Waals surface area (Å²) in [6, 6.07) is 2.06. The Bertz CT molecular complexity index is 459. The molecule has 0 spiro atoms. The van der Waals surface area contributed by atoms with Crippen molar-refractivity contribution in [3.05, 3.63) is 12.3 Å². The molecule has 2 rings (SSSR count). The average Bonchev–Trinajstić information content (AvgIpc) is 2.53. The molecular weight excluding hydrogens is 270 g/mol. The highest BCUT2D eigenvalue weighted by Gasteiger charge is 2.27. The quantitative estimate of drug-likeness (QED) is 0.812. The van der Waals surface area contributed by atoms with Crippen molar-refractivity contribution in [3.8, 4) is 5.88 Å². The first-order valence-electron chi connectivity index (χ1n) is 7.53. The summed E-state index contributed by atoms with van der Waals surface area (Å²) < 4.78 is 10.3. The van der Waals surface area contributed by atoms with Crippen molar-refractivity contribution in [1.82, 2.24) is 9.97 Å². The molecule has 1 aromatic heterocycles. The summed E-state index contributed by atoms with van der Waals surface area (Å²) >= 11 is 0. The number of methoxy groups -OCH3 is 1. The summed E-state index contributed by atoms with van der Waals surface area (Å²) in [5, 5.41) is 3.32. The molecule has 1 saturated carbocycles. The molecule has 0 amide bonds. The van der Waals surface area contributed by atoms with Crippen LogP contribution in [0, 0.1) is 5.92 Å². The second-order valence-electron chi connectivity index (χ2n) is 5.28. The lowest BCUT2D eigenvalue weighted by Gasteiger charge is -2.27. The Morgan fingerprint density at radius 2 is 2.14 bits per heavy atom. The molecule has 0 radical (unpaired) electrons. The summed E-state index contributed by atoms with van der Waals surface area (Å²) in [5.74, 6) is 1.12. The van der Waals surface area contributed by atoms with Crippen LogP contribution in [0.4, 0.5) is 5.95 Å². The lowest BCUT2D eigenvalue weighted by Crippen LogP contribution is -2.30. The minimum Gasteiger partial charge on any atom is -0.478 e. The highest BCUT2D eigenvalue weighted by molar-refractivity contribution is 5.72.